The molecule has 1 heterocycles. The molecule has 0 fully saturated rings. The number of ether oxygens (including phenoxy) is 1. The van der Waals surface area contributed by atoms with Crippen LogP contribution in [0.15, 0.2) is 48.5 Å². The number of aliphatic hydroxyl groups is 2. The van der Waals surface area contributed by atoms with Gasteiger partial charge in [0.25, 0.3) is 0 Å². The molecule has 0 saturated carbocycles. The summed E-state index contributed by atoms with van der Waals surface area (Å²) in [4.78, 5) is 4.51. The van der Waals surface area contributed by atoms with E-state index >= 15 is 0 Å². The van der Waals surface area contributed by atoms with Crippen LogP contribution in [0.4, 0.5) is 4.39 Å². The van der Waals surface area contributed by atoms with Crippen LogP contribution in [0.25, 0.3) is 22.0 Å². The van der Waals surface area contributed by atoms with Crippen molar-refractivity contribution in [2.24, 2.45) is 5.41 Å². The van der Waals surface area contributed by atoms with Crippen LogP contribution in [0, 0.1) is 11.2 Å². The van der Waals surface area contributed by atoms with E-state index in [4.69, 9.17) is 4.74 Å². The molecule has 0 spiro atoms. The van der Waals surface area contributed by atoms with Crippen molar-refractivity contribution in [3.8, 4) is 17.1 Å². The summed E-state index contributed by atoms with van der Waals surface area (Å²) in [6.45, 7) is 5.04. The Kier molecular flexibility index (Phi) is 4.93. The Balaban J connectivity index is 2.13. The number of nitrogens with zero attached hydrogens (tertiary/aromatic N) is 1. The van der Waals surface area contributed by atoms with E-state index in [0.29, 0.717) is 16.6 Å². The maximum atomic E-state index is 14.1. The molecule has 0 aliphatic heterocycles. The zero-order valence-corrected chi connectivity index (χ0v) is 16.0. The van der Waals surface area contributed by atoms with E-state index in [1.165, 1.54) is 13.2 Å². The molecular weight excluding hydrogens is 345 g/mol. The monoisotopic (exact) mass is 369 g/mol. The molecule has 3 rings (SSSR count). The van der Waals surface area contributed by atoms with Crippen molar-refractivity contribution < 1.29 is 19.3 Å². The van der Waals surface area contributed by atoms with Gasteiger partial charge in [0.2, 0.25) is 5.88 Å². The van der Waals surface area contributed by atoms with Crippen molar-refractivity contribution in [2.45, 2.75) is 26.4 Å². The lowest BCUT2D eigenvalue weighted by atomic mass is 9.73. The highest BCUT2D eigenvalue weighted by molar-refractivity contribution is 5.87. The summed E-state index contributed by atoms with van der Waals surface area (Å²) in [6, 6.07) is 13.8. The molecule has 0 amide bonds. The molecule has 5 heteroatoms. The Morgan fingerprint density at radius 1 is 1.07 bits per heavy atom. The average Bonchev–Trinajstić information content (AvgIpc) is 2.66. The van der Waals surface area contributed by atoms with Gasteiger partial charge in [-0.15, -0.1) is 0 Å². The summed E-state index contributed by atoms with van der Waals surface area (Å²) in [7, 11) is 1.47. The van der Waals surface area contributed by atoms with E-state index < -0.39 is 17.6 Å². The van der Waals surface area contributed by atoms with Gasteiger partial charge in [0.15, 0.2) is 0 Å². The Labute approximate surface area is 158 Å². The second kappa shape index (κ2) is 6.91. The van der Waals surface area contributed by atoms with Gasteiger partial charge in [-0.2, -0.15) is 0 Å². The van der Waals surface area contributed by atoms with Gasteiger partial charge in [-0.25, -0.2) is 9.37 Å². The van der Waals surface area contributed by atoms with Crippen LogP contribution in [0.1, 0.15) is 26.3 Å². The summed E-state index contributed by atoms with van der Waals surface area (Å²) in [5.41, 5.74) is -0.407. The molecule has 2 aromatic carbocycles. The van der Waals surface area contributed by atoms with Crippen LogP contribution in [-0.4, -0.2) is 28.9 Å². The van der Waals surface area contributed by atoms with Crippen molar-refractivity contribution in [1.29, 1.82) is 0 Å². The normalized spacial score (nSPS) is 14.2. The molecule has 0 bridgehead atoms. The van der Waals surface area contributed by atoms with E-state index in [-0.39, 0.29) is 11.7 Å². The second-order valence-electron chi connectivity index (χ2n) is 7.70. The Morgan fingerprint density at radius 3 is 2.44 bits per heavy atom. The molecule has 0 aliphatic carbocycles. The van der Waals surface area contributed by atoms with Crippen LogP contribution in [0.2, 0.25) is 0 Å². The molecule has 4 nitrogen and oxygen atoms in total. The highest BCUT2D eigenvalue weighted by atomic mass is 19.1. The summed E-state index contributed by atoms with van der Waals surface area (Å²) < 4.78 is 19.5. The van der Waals surface area contributed by atoms with E-state index in [1.807, 2.05) is 39.0 Å². The Bertz CT molecular complexity index is 981. The number of halogens is 1. The Morgan fingerprint density at radius 2 is 1.81 bits per heavy atom. The summed E-state index contributed by atoms with van der Waals surface area (Å²) >= 11 is 0. The number of methoxy groups -OCH3 is 1. The van der Waals surface area contributed by atoms with Gasteiger partial charge in [0.05, 0.1) is 19.4 Å². The van der Waals surface area contributed by atoms with Gasteiger partial charge < -0.3 is 14.9 Å². The van der Waals surface area contributed by atoms with Crippen LogP contribution in [-0.2, 0) is 5.60 Å². The molecular formula is C22H24FNO3. The third-order valence-electron chi connectivity index (χ3n) is 5.09. The lowest BCUT2D eigenvalue weighted by molar-refractivity contribution is -0.103. The quantitative estimate of drug-likeness (QED) is 0.721. The fraction of sp³-hybridized carbons (Fsp3) is 0.318. The SMILES string of the molecule is COc1nc(-c2ccc3cccc(F)c3c2)ccc1C(O)(CO)C(C)(C)C. The lowest BCUT2D eigenvalue weighted by Gasteiger charge is -2.39. The topological polar surface area (TPSA) is 62.6 Å². The van der Waals surface area contributed by atoms with Gasteiger partial charge >= 0.3 is 0 Å². The van der Waals surface area contributed by atoms with Gasteiger partial charge in [0.1, 0.15) is 11.4 Å². The first kappa shape index (κ1) is 19.3. The fourth-order valence-electron chi connectivity index (χ4n) is 3.19. The van der Waals surface area contributed by atoms with Gasteiger partial charge in [-0.3, -0.25) is 0 Å². The zero-order valence-electron chi connectivity index (χ0n) is 16.0. The van der Waals surface area contributed by atoms with Gasteiger partial charge in [-0.1, -0.05) is 45.0 Å². The molecule has 1 aromatic heterocycles. The standard InChI is InChI=1S/C22H24FNO3/c1-21(2,3)22(26,13-25)17-10-11-19(24-20(17)27-4)15-9-8-14-6-5-7-18(23)16(14)12-15/h5-12,25-26H,13H2,1-4H3. The summed E-state index contributed by atoms with van der Waals surface area (Å²) in [6.07, 6.45) is 0. The van der Waals surface area contributed by atoms with E-state index in [2.05, 4.69) is 4.98 Å². The summed E-state index contributed by atoms with van der Waals surface area (Å²) in [5.74, 6) is -0.0621. The van der Waals surface area contributed by atoms with Crippen molar-refractivity contribution in [3.63, 3.8) is 0 Å². The first-order valence-corrected chi connectivity index (χ1v) is 8.78. The number of fused-ring (bicyclic) bond motifs is 1. The number of pyridine rings is 1. The largest absolute Gasteiger partial charge is 0.481 e. The molecule has 0 aliphatic rings. The number of aliphatic hydroxyl groups excluding tert-OH is 1. The number of aromatic nitrogens is 1. The predicted molar refractivity (Wildman–Crippen MR) is 104 cm³/mol. The van der Waals surface area contributed by atoms with Gasteiger partial charge in [0, 0.05) is 16.5 Å². The van der Waals surface area contributed by atoms with E-state index in [1.54, 1.807) is 24.3 Å². The molecule has 1 atom stereocenters. The molecule has 142 valence electrons. The number of rotatable bonds is 4. The maximum Gasteiger partial charge on any atom is 0.219 e. The van der Waals surface area contributed by atoms with Gasteiger partial charge in [-0.05, 0) is 35.1 Å². The average molecular weight is 369 g/mol. The minimum absolute atomic E-state index is 0.229. The van der Waals surface area contributed by atoms with Crippen LogP contribution in [0.3, 0.4) is 0 Å². The van der Waals surface area contributed by atoms with Crippen LogP contribution < -0.4 is 4.74 Å². The maximum absolute atomic E-state index is 14.1. The van der Waals surface area contributed by atoms with Crippen molar-refractivity contribution in [1.82, 2.24) is 4.98 Å². The zero-order chi connectivity index (χ0) is 19.8. The van der Waals surface area contributed by atoms with Crippen LogP contribution >= 0.6 is 0 Å². The molecule has 0 saturated heterocycles. The smallest absolute Gasteiger partial charge is 0.219 e. The number of hydrogen-bond acceptors (Lipinski definition) is 4. The third-order valence-corrected chi connectivity index (χ3v) is 5.09. The molecule has 0 radical (unpaired) electrons. The molecule has 3 aromatic rings. The first-order chi connectivity index (χ1) is 12.7. The van der Waals surface area contributed by atoms with E-state index in [0.717, 1.165) is 10.9 Å². The minimum atomic E-state index is -1.51. The predicted octanol–water partition coefficient (Wildman–Crippen LogP) is 4.28. The van der Waals surface area contributed by atoms with Crippen molar-refractivity contribution in [3.05, 3.63) is 59.9 Å². The van der Waals surface area contributed by atoms with Crippen molar-refractivity contribution in [2.75, 3.05) is 13.7 Å². The molecule has 2 N–H and O–H groups in total. The highest BCUT2D eigenvalue weighted by Gasteiger charge is 2.43. The highest BCUT2D eigenvalue weighted by Crippen LogP contribution is 2.43. The Hall–Kier alpha value is -2.50. The second-order valence-corrected chi connectivity index (χ2v) is 7.70. The lowest BCUT2D eigenvalue weighted by Crippen LogP contribution is -2.43. The van der Waals surface area contributed by atoms with Crippen molar-refractivity contribution >= 4 is 10.8 Å². The minimum Gasteiger partial charge on any atom is -0.481 e. The first-order valence-electron chi connectivity index (χ1n) is 8.78. The third kappa shape index (κ3) is 3.29. The number of benzene rings is 2. The molecule has 27 heavy (non-hydrogen) atoms. The van der Waals surface area contributed by atoms with Crippen LogP contribution in [0.5, 0.6) is 5.88 Å². The summed E-state index contributed by atoms with van der Waals surface area (Å²) in [5, 5.41) is 22.2. The van der Waals surface area contributed by atoms with E-state index in [9.17, 15) is 14.6 Å². The fourth-order valence-corrected chi connectivity index (χ4v) is 3.19. The number of hydrogen-bond donors (Lipinski definition) is 2. The molecule has 1 unspecified atom stereocenters.